The van der Waals surface area contributed by atoms with Gasteiger partial charge in [-0.3, -0.25) is 0 Å². The van der Waals surface area contributed by atoms with Crippen LogP contribution in [0.5, 0.6) is 0 Å². The number of rotatable bonds is 2. The molecule has 0 saturated heterocycles. The first-order chi connectivity index (χ1) is 7.16. The average Bonchev–Trinajstić information content (AvgIpc) is 2.23. The molecule has 1 heterocycles. The fourth-order valence-electron chi connectivity index (χ4n) is 1.95. The molecule has 0 spiro atoms. The quantitative estimate of drug-likeness (QED) is 0.838. The molecule has 0 saturated carbocycles. The number of anilines is 1. The first-order valence-electron chi connectivity index (χ1n) is 5.23. The van der Waals surface area contributed by atoms with Crippen LogP contribution in [0.25, 0.3) is 0 Å². The fraction of sp³-hybridized carbons (Fsp3) is 0.455. The number of benzene rings is 1. The van der Waals surface area contributed by atoms with E-state index < -0.39 is 9.84 Å². The number of para-hydroxylation sites is 1. The van der Waals surface area contributed by atoms with Gasteiger partial charge in [-0.15, -0.1) is 0 Å². The van der Waals surface area contributed by atoms with Crippen LogP contribution in [0.2, 0.25) is 0 Å². The number of fused-ring (bicyclic) bond motifs is 1. The van der Waals surface area contributed by atoms with Crippen molar-refractivity contribution in [1.82, 2.24) is 0 Å². The van der Waals surface area contributed by atoms with Crippen molar-refractivity contribution in [1.29, 1.82) is 0 Å². The van der Waals surface area contributed by atoms with Crippen LogP contribution < -0.4 is 5.32 Å². The molecule has 0 aliphatic carbocycles. The summed E-state index contributed by atoms with van der Waals surface area (Å²) in [5.74, 6) is 0. The molecule has 0 aromatic heterocycles. The lowest BCUT2D eigenvalue weighted by Gasteiger charge is -2.25. The molecule has 1 aliphatic rings. The Labute approximate surface area is 90.4 Å². The Bertz CT molecular complexity index is 453. The summed E-state index contributed by atoms with van der Waals surface area (Å²) in [6.07, 6.45) is 1.62. The van der Waals surface area contributed by atoms with Crippen molar-refractivity contribution in [2.24, 2.45) is 0 Å². The van der Waals surface area contributed by atoms with Crippen LogP contribution in [-0.4, -0.2) is 20.2 Å². The number of hydrogen-bond acceptors (Lipinski definition) is 3. The Kier molecular flexibility index (Phi) is 2.69. The minimum Gasteiger partial charge on any atom is -0.383 e. The van der Waals surface area contributed by atoms with E-state index >= 15 is 0 Å². The first-order valence-corrected chi connectivity index (χ1v) is 6.77. The molecule has 82 valence electrons. The third kappa shape index (κ3) is 1.74. The zero-order valence-corrected chi connectivity index (χ0v) is 9.55. The van der Waals surface area contributed by atoms with E-state index in [2.05, 4.69) is 5.32 Å². The van der Waals surface area contributed by atoms with E-state index in [1.165, 1.54) is 0 Å². The summed E-state index contributed by atoms with van der Waals surface area (Å²) in [6, 6.07) is 7.11. The summed E-state index contributed by atoms with van der Waals surface area (Å²) in [7, 11) is -3.11. The Hall–Kier alpha value is -1.03. The second kappa shape index (κ2) is 3.85. The molecule has 15 heavy (non-hydrogen) atoms. The van der Waals surface area contributed by atoms with Crippen LogP contribution >= 0.6 is 0 Å². The molecule has 3 nitrogen and oxygen atoms in total. The monoisotopic (exact) mass is 225 g/mol. The minimum atomic E-state index is -3.11. The molecule has 1 aliphatic heterocycles. The van der Waals surface area contributed by atoms with E-state index in [0.29, 0.717) is 11.4 Å². The van der Waals surface area contributed by atoms with Crippen molar-refractivity contribution in [3.8, 4) is 0 Å². The maximum Gasteiger partial charge on any atom is 0.184 e. The molecule has 1 unspecified atom stereocenters. The van der Waals surface area contributed by atoms with E-state index in [-0.39, 0.29) is 5.25 Å². The molecule has 0 amide bonds. The number of hydrogen-bond donors (Lipinski definition) is 1. The lowest BCUT2D eigenvalue weighted by molar-refractivity contribution is 0.568. The smallest absolute Gasteiger partial charge is 0.184 e. The summed E-state index contributed by atoms with van der Waals surface area (Å²) < 4.78 is 24.3. The van der Waals surface area contributed by atoms with Gasteiger partial charge < -0.3 is 5.32 Å². The molecule has 1 N–H and O–H groups in total. The summed E-state index contributed by atoms with van der Waals surface area (Å²) in [4.78, 5) is 0.453. The molecular weight excluding hydrogens is 210 g/mol. The topological polar surface area (TPSA) is 46.2 Å². The van der Waals surface area contributed by atoms with Crippen LogP contribution in [0, 0.1) is 0 Å². The largest absolute Gasteiger partial charge is 0.383 e. The van der Waals surface area contributed by atoms with Gasteiger partial charge in [0.05, 0.1) is 15.8 Å². The average molecular weight is 225 g/mol. The van der Waals surface area contributed by atoms with E-state index in [1.54, 1.807) is 12.1 Å². The summed E-state index contributed by atoms with van der Waals surface area (Å²) in [5, 5.41) is 2.91. The van der Waals surface area contributed by atoms with Crippen LogP contribution in [0.1, 0.15) is 19.8 Å². The highest BCUT2D eigenvalue weighted by Gasteiger charge is 2.32. The van der Waals surface area contributed by atoms with Gasteiger partial charge in [-0.2, -0.15) is 0 Å². The molecule has 4 heteroatoms. The van der Waals surface area contributed by atoms with Crippen molar-refractivity contribution in [3.63, 3.8) is 0 Å². The maximum atomic E-state index is 12.2. The molecular formula is C11H15NO2S. The predicted molar refractivity (Wildman–Crippen MR) is 60.8 cm³/mol. The predicted octanol–water partition coefficient (Wildman–Crippen LogP) is 2.05. The first kappa shape index (κ1) is 10.5. The Morgan fingerprint density at radius 1 is 1.40 bits per heavy atom. The molecule has 2 rings (SSSR count). The SMILES string of the molecule is CCCC1CNc2ccccc2S1(=O)=O. The molecule has 1 aromatic rings. The van der Waals surface area contributed by atoms with Crippen LogP contribution in [0.4, 0.5) is 5.69 Å². The van der Waals surface area contributed by atoms with E-state index in [9.17, 15) is 8.42 Å². The van der Waals surface area contributed by atoms with Crippen LogP contribution in [-0.2, 0) is 9.84 Å². The lowest BCUT2D eigenvalue weighted by Crippen LogP contribution is -2.34. The van der Waals surface area contributed by atoms with Gasteiger partial charge in [-0.25, -0.2) is 8.42 Å². The third-order valence-electron chi connectivity index (χ3n) is 2.76. The zero-order chi connectivity index (χ0) is 10.9. The van der Waals surface area contributed by atoms with E-state index in [0.717, 1.165) is 18.5 Å². The van der Waals surface area contributed by atoms with Crippen molar-refractivity contribution in [2.75, 3.05) is 11.9 Å². The second-order valence-electron chi connectivity index (χ2n) is 3.83. The highest BCUT2D eigenvalue weighted by molar-refractivity contribution is 7.92. The minimum absolute atomic E-state index is 0.266. The van der Waals surface area contributed by atoms with Crippen molar-refractivity contribution < 1.29 is 8.42 Å². The van der Waals surface area contributed by atoms with Gasteiger partial charge >= 0.3 is 0 Å². The molecule has 0 fully saturated rings. The summed E-state index contributed by atoms with van der Waals surface area (Å²) in [5.41, 5.74) is 0.741. The molecule has 1 atom stereocenters. The van der Waals surface area contributed by atoms with Crippen molar-refractivity contribution in [2.45, 2.75) is 29.9 Å². The van der Waals surface area contributed by atoms with Gasteiger partial charge in [0.1, 0.15) is 0 Å². The molecule has 0 radical (unpaired) electrons. The van der Waals surface area contributed by atoms with Crippen LogP contribution in [0.15, 0.2) is 29.2 Å². The van der Waals surface area contributed by atoms with Gasteiger partial charge in [-0.1, -0.05) is 25.5 Å². The maximum absolute atomic E-state index is 12.2. The fourth-order valence-corrected chi connectivity index (χ4v) is 3.88. The van der Waals surface area contributed by atoms with Crippen LogP contribution in [0.3, 0.4) is 0 Å². The van der Waals surface area contributed by atoms with Gasteiger partial charge in [-0.05, 0) is 18.6 Å². The molecule has 0 bridgehead atoms. The van der Waals surface area contributed by atoms with Crippen molar-refractivity contribution >= 4 is 15.5 Å². The van der Waals surface area contributed by atoms with Crippen molar-refractivity contribution in [3.05, 3.63) is 24.3 Å². The van der Waals surface area contributed by atoms with Gasteiger partial charge in [0.2, 0.25) is 0 Å². The molecule has 1 aromatic carbocycles. The Morgan fingerprint density at radius 3 is 2.87 bits per heavy atom. The standard InChI is InChI=1S/C11H15NO2S/c1-2-5-9-8-12-10-6-3-4-7-11(10)15(9,13)14/h3-4,6-7,9,12H,2,5,8H2,1H3. The van der Waals surface area contributed by atoms with E-state index in [1.807, 2.05) is 19.1 Å². The lowest BCUT2D eigenvalue weighted by atomic mass is 10.2. The highest BCUT2D eigenvalue weighted by atomic mass is 32.2. The van der Waals surface area contributed by atoms with Gasteiger partial charge in [0, 0.05) is 6.54 Å². The second-order valence-corrected chi connectivity index (χ2v) is 6.03. The van der Waals surface area contributed by atoms with Gasteiger partial charge in [0.25, 0.3) is 0 Å². The number of nitrogens with one attached hydrogen (secondary N) is 1. The third-order valence-corrected chi connectivity index (χ3v) is 5.01. The normalized spacial score (nSPS) is 22.9. The van der Waals surface area contributed by atoms with Gasteiger partial charge in [0.15, 0.2) is 9.84 Å². The Balaban J connectivity index is 2.45. The van der Waals surface area contributed by atoms with E-state index in [4.69, 9.17) is 0 Å². The summed E-state index contributed by atoms with van der Waals surface area (Å²) >= 11 is 0. The Morgan fingerprint density at radius 2 is 2.13 bits per heavy atom. The zero-order valence-electron chi connectivity index (χ0n) is 8.73. The highest BCUT2D eigenvalue weighted by Crippen LogP contribution is 2.30. The number of sulfone groups is 1. The summed E-state index contributed by atoms with van der Waals surface area (Å²) in [6.45, 7) is 2.54.